The van der Waals surface area contributed by atoms with Crippen molar-refractivity contribution in [2.24, 2.45) is 4.99 Å². The van der Waals surface area contributed by atoms with Crippen molar-refractivity contribution in [1.29, 1.82) is 0 Å². The molecule has 8 heteroatoms. The number of nitrogens with one attached hydrogen (secondary N) is 2. The van der Waals surface area contributed by atoms with E-state index in [0.29, 0.717) is 25.6 Å². The van der Waals surface area contributed by atoms with Gasteiger partial charge in [0.15, 0.2) is 5.96 Å². The quantitative estimate of drug-likeness (QED) is 0.479. The van der Waals surface area contributed by atoms with Gasteiger partial charge in [0.25, 0.3) is 0 Å². The summed E-state index contributed by atoms with van der Waals surface area (Å²) in [6.07, 6.45) is 4.08. The lowest BCUT2D eigenvalue weighted by atomic mass is 10.1. The minimum atomic E-state index is -3.34. The predicted octanol–water partition coefficient (Wildman–Crippen LogP) is 1.74. The first-order valence-electron chi connectivity index (χ1n) is 10.0. The summed E-state index contributed by atoms with van der Waals surface area (Å²) in [6.45, 7) is 4.21. The molecule has 0 saturated carbocycles. The predicted molar refractivity (Wildman–Crippen MR) is 114 cm³/mol. The molecule has 1 fully saturated rings. The third-order valence-corrected chi connectivity index (χ3v) is 6.23. The van der Waals surface area contributed by atoms with E-state index in [2.05, 4.69) is 46.2 Å². The molecule has 28 heavy (non-hydrogen) atoms. The van der Waals surface area contributed by atoms with Crippen LogP contribution >= 0.6 is 0 Å². The topological polar surface area (TPSA) is 83.0 Å². The van der Waals surface area contributed by atoms with Gasteiger partial charge in [-0.25, -0.2) is 13.1 Å². The maximum atomic E-state index is 12.2. The van der Waals surface area contributed by atoms with Crippen molar-refractivity contribution in [1.82, 2.24) is 14.9 Å². The van der Waals surface area contributed by atoms with Gasteiger partial charge in [0, 0.05) is 40.3 Å². The zero-order valence-corrected chi connectivity index (χ0v) is 18.1. The molecule has 0 radical (unpaired) electrons. The molecule has 1 aliphatic rings. The number of rotatable bonds is 9. The Hall–Kier alpha value is -1.64. The second kappa shape index (κ2) is 11.4. The molecule has 0 spiro atoms. The zero-order chi connectivity index (χ0) is 20.4. The Kier molecular flexibility index (Phi) is 9.21. The summed E-state index contributed by atoms with van der Waals surface area (Å²) in [7, 11) is 0.298. The van der Waals surface area contributed by atoms with Gasteiger partial charge in [-0.1, -0.05) is 31.2 Å². The van der Waals surface area contributed by atoms with Crippen molar-refractivity contribution in [3.8, 4) is 0 Å². The van der Waals surface area contributed by atoms with Crippen LogP contribution in [0.15, 0.2) is 29.3 Å². The van der Waals surface area contributed by atoms with Crippen molar-refractivity contribution in [3.63, 3.8) is 0 Å². The van der Waals surface area contributed by atoms with Crippen molar-refractivity contribution in [2.75, 3.05) is 39.5 Å². The lowest BCUT2D eigenvalue weighted by molar-refractivity contribution is 0.0200. The molecule has 0 aromatic heterocycles. The fourth-order valence-electron chi connectivity index (χ4n) is 3.17. The van der Waals surface area contributed by atoms with E-state index in [-0.39, 0.29) is 11.9 Å². The fraction of sp³-hybridized carbons (Fsp3) is 0.650. The summed E-state index contributed by atoms with van der Waals surface area (Å²) in [5.74, 6) is 0.669. The maximum Gasteiger partial charge on any atom is 0.213 e. The van der Waals surface area contributed by atoms with Crippen LogP contribution in [0.5, 0.6) is 0 Å². The van der Waals surface area contributed by atoms with Gasteiger partial charge in [-0.05, 0) is 36.8 Å². The number of nitrogens with zero attached hydrogens (tertiary/aromatic N) is 2. The number of guanidine groups is 1. The average Bonchev–Trinajstić information content (AvgIpc) is 2.71. The molecule has 1 aliphatic heterocycles. The Morgan fingerprint density at radius 3 is 2.57 bits per heavy atom. The van der Waals surface area contributed by atoms with Crippen LogP contribution in [0.2, 0.25) is 0 Å². The highest BCUT2D eigenvalue weighted by Crippen LogP contribution is 2.12. The van der Waals surface area contributed by atoms with E-state index in [4.69, 9.17) is 4.74 Å². The Morgan fingerprint density at radius 1 is 1.25 bits per heavy atom. The van der Waals surface area contributed by atoms with Gasteiger partial charge >= 0.3 is 0 Å². The first kappa shape index (κ1) is 22.6. The summed E-state index contributed by atoms with van der Waals surface area (Å²) < 4.78 is 32.6. The van der Waals surface area contributed by atoms with Crippen LogP contribution in [0.1, 0.15) is 37.3 Å². The normalized spacial score (nSPS) is 18.1. The van der Waals surface area contributed by atoms with Crippen molar-refractivity contribution >= 4 is 16.0 Å². The maximum absolute atomic E-state index is 12.2. The van der Waals surface area contributed by atoms with Crippen molar-refractivity contribution in [3.05, 3.63) is 35.4 Å². The Balaban J connectivity index is 1.75. The lowest BCUT2D eigenvalue weighted by Crippen LogP contribution is -2.43. The van der Waals surface area contributed by atoms with Gasteiger partial charge < -0.3 is 15.0 Å². The highest BCUT2D eigenvalue weighted by atomic mass is 32.2. The summed E-state index contributed by atoms with van der Waals surface area (Å²) in [5.41, 5.74) is 2.50. The SMILES string of the molecule is CCc1ccc(CN(C)C(=NC)NCCS(=O)(=O)NCC2CCCCO2)cc1. The van der Waals surface area contributed by atoms with Crippen LogP contribution in [-0.4, -0.2) is 64.9 Å². The molecule has 2 rings (SSSR count). The summed E-state index contributed by atoms with van der Waals surface area (Å²) in [5, 5.41) is 3.13. The standard InChI is InChI=1S/C20H34N4O3S/c1-4-17-8-10-18(11-9-17)16-24(3)20(21-2)22-12-14-28(25,26)23-15-19-7-5-6-13-27-19/h8-11,19,23H,4-7,12-16H2,1-3H3,(H,21,22). The second-order valence-electron chi connectivity index (χ2n) is 7.16. The summed E-state index contributed by atoms with van der Waals surface area (Å²) >= 11 is 0. The average molecular weight is 411 g/mol. The van der Waals surface area contributed by atoms with Crippen molar-refractivity contribution < 1.29 is 13.2 Å². The van der Waals surface area contributed by atoms with E-state index in [0.717, 1.165) is 32.3 Å². The second-order valence-corrected chi connectivity index (χ2v) is 9.08. The minimum Gasteiger partial charge on any atom is -0.377 e. The molecule has 0 bridgehead atoms. The minimum absolute atomic E-state index is 0.00221. The van der Waals surface area contributed by atoms with Gasteiger partial charge in [0.1, 0.15) is 0 Å². The van der Waals surface area contributed by atoms with Gasteiger partial charge in [-0.2, -0.15) is 0 Å². The number of hydrogen-bond acceptors (Lipinski definition) is 4. The number of aliphatic imine (C=N–C) groups is 1. The number of hydrogen-bond donors (Lipinski definition) is 2. The molecular weight excluding hydrogens is 376 g/mol. The van der Waals surface area contributed by atoms with Crippen LogP contribution in [0.4, 0.5) is 0 Å². The zero-order valence-electron chi connectivity index (χ0n) is 17.3. The monoisotopic (exact) mass is 410 g/mol. The molecule has 1 aromatic rings. The summed E-state index contributed by atoms with van der Waals surface area (Å²) in [4.78, 5) is 6.24. The fourth-order valence-corrected chi connectivity index (χ4v) is 4.13. The van der Waals surface area contributed by atoms with Crippen LogP contribution < -0.4 is 10.0 Å². The third-order valence-electron chi connectivity index (χ3n) is 4.88. The molecule has 1 atom stereocenters. The molecule has 1 heterocycles. The molecule has 1 unspecified atom stereocenters. The van der Waals surface area contributed by atoms with Gasteiger partial charge in [-0.15, -0.1) is 0 Å². The molecule has 1 aromatic carbocycles. The molecular formula is C20H34N4O3S. The Bertz CT molecular complexity index is 713. The Morgan fingerprint density at radius 2 is 1.96 bits per heavy atom. The summed E-state index contributed by atoms with van der Waals surface area (Å²) in [6, 6.07) is 8.50. The number of aryl methyl sites for hydroxylation is 1. The largest absolute Gasteiger partial charge is 0.377 e. The molecule has 7 nitrogen and oxygen atoms in total. The molecule has 0 aliphatic carbocycles. The van der Waals surface area contributed by atoms with Crippen LogP contribution in [-0.2, 0) is 27.7 Å². The van der Waals surface area contributed by atoms with E-state index in [1.165, 1.54) is 11.1 Å². The highest BCUT2D eigenvalue weighted by molar-refractivity contribution is 7.89. The van der Waals surface area contributed by atoms with Gasteiger partial charge in [0.2, 0.25) is 10.0 Å². The lowest BCUT2D eigenvalue weighted by Gasteiger charge is -2.23. The molecule has 1 saturated heterocycles. The first-order chi connectivity index (χ1) is 13.4. The van der Waals surface area contributed by atoms with Crippen molar-refractivity contribution in [2.45, 2.75) is 45.3 Å². The highest BCUT2D eigenvalue weighted by Gasteiger charge is 2.18. The van der Waals surface area contributed by atoms with E-state index in [1.807, 2.05) is 11.9 Å². The molecule has 0 amide bonds. The number of sulfonamides is 1. The van der Waals surface area contributed by atoms with E-state index in [9.17, 15) is 8.42 Å². The molecule has 2 N–H and O–H groups in total. The van der Waals surface area contributed by atoms with Gasteiger partial charge in [0.05, 0.1) is 11.9 Å². The first-order valence-corrected chi connectivity index (χ1v) is 11.7. The van der Waals surface area contributed by atoms with E-state index >= 15 is 0 Å². The number of benzene rings is 1. The van der Waals surface area contributed by atoms with Gasteiger partial charge in [-0.3, -0.25) is 4.99 Å². The van der Waals surface area contributed by atoms with Crippen LogP contribution in [0.25, 0.3) is 0 Å². The molecule has 158 valence electrons. The smallest absolute Gasteiger partial charge is 0.213 e. The Labute approximate surface area is 169 Å². The third kappa shape index (κ3) is 7.77. The van der Waals surface area contributed by atoms with Crippen LogP contribution in [0, 0.1) is 0 Å². The van der Waals surface area contributed by atoms with E-state index < -0.39 is 10.0 Å². The number of ether oxygens (including phenoxy) is 1. The van der Waals surface area contributed by atoms with E-state index in [1.54, 1.807) is 7.05 Å². The van der Waals surface area contributed by atoms with Crippen LogP contribution in [0.3, 0.4) is 0 Å².